The van der Waals surface area contributed by atoms with Crippen molar-refractivity contribution >= 4 is 15.9 Å². The van der Waals surface area contributed by atoms with Crippen LogP contribution in [0.4, 0.5) is 0 Å². The minimum Gasteiger partial charge on any atom is -0.271 e. The average Bonchev–Trinajstić information content (AvgIpc) is 3.07. The number of aryl methyl sites for hydroxylation is 2. The van der Waals surface area contributed by atoms with E-state index in [2.05, 4.69) is 34.0 Å². The fourth-order valence-electron chi connectivity index (χ4n) is 4.15. The SMILES string of the molecule is CCc1nn(C)c(CC2(C#N)CC3CCC2C3)c1Br. The van der Waals surface area contributed by atoms with Crippen molar-refractivity contribution in [2.24, 2.45) is 24.3 Å². The smallest absolute Gasteiger partial charge is 0.0766 e. The fourth-order valence-corrected chi connectivity index (χ4v) is 4.90. The van der Waals surface area contributed by atoms with Gasteiger partial charge in [0.25, 0.3) is 0 Å². The Kier molecular flexibility index (Phi) is 3.21. The van der Waals surface area contributed by atoms with E-state index < -0.39 is 0 Å². The molecule has 3 rings (SSSR count). The Morgan fingerprint density at radius 1 is 1.53 bits per heavy atom. The number of nitrogens with zero attached hydrogens (tertiary/aromatic N) is 3. The summed E-state index contributed by atoms with van der Waals surface area (Å²) in [5.41, 5.74) is 2.17. The highest BCUT2D eigenvalue weighted by molar-refractivity contribution is 9.10. The minimum absolute atomic E-state index is 0.135. The largest absolute Gasteiger partial charge is 0.271 e. The number of fused-ring (bicyclic) bond motifs is 2. The van der Waals surface area contributed by atoms with Crippen molar-refractivity contribution in [2.45, 2.75) is 45.4 Å². The number of halogens is 1. The Bertz CT molecular complexity index is 542. The summed E-state index contributed by atoms with van der Waals surface area (Å²) in [6.07, 6.45) is 6.72. The summed E-state index contributed by atoms with van der Waals surface area (Å²) < 4.78 is 3.09. The molecule has 1 aromatic rings. The van der Waals surface area contributed by atoms with Crippen molar-refractivity contribution in [1.82, 2.24) is 9.78 Å². The summed E-state index contributed by atoms with van der Waals surface area (Å²) >= 11 is 3.68. The zero-order valence-electron chi connectivity index (χ0n) is 11.6. The minimum atomic E-state index is -0.135. The number of nitriles is 1. The maximum absolute atomic E-state index is 9.75. The van der Waals surface area contributed by atoms with Gasteiger partial charge in [0.15, 0.2) is 0 Å². The predicted octanol–water partition coefficient (Wildman–Crippen LogP) is 3.62. The van der Waals surface area contributed by atoms with Crippen molar-refractivity contribution in [3.8, 4) is 6.07 Å². The van der Waals surface area contributed by atoms with Crippen molar-refractivity contribution < 1.29 is 0 Å². The molecule has 0 N–H and O–H groups in total. The third kappa shape index (κ3) is 1.94. The van der Waals surface area contributed by atoms with E-state index in [1.165, 1.54) is 25.0 Å². The van der Waals surface area contributed by atoms with Crippen LogP contribution >= 0.6 is 15.9 Å². The van der Waals surface area contributed by atoms with Gasteiger partial charge in [0.2, 0.25) is 0 Å². The molecule has 3 atom stereocenters. The summed E-state index contributed by atoms with van der Waals surface area (Å²) in [4.78, 5) is 0. The van der Waals surface area contributed by atoms with Crippen molar-refractivity contribution in [1.29, 1.82) is 5.26 Å². The van der Waals surface area contributed by atoms with Gasteiger partial charge in [-0.2, -0.15) is 10.4 Å². The summed E-state index contributed by atoms with van der Waals surface area (Å²) in [5, 5.41) is 14.3. The highest BCUT2D eigenvalue weighted by Gasteiger charge is 2.51. The molecule has 0 amide bonds. The molecule has 0 aromatic carbocycles. The van der Waals surface area contributed by atoms with Crippen LogP contribution in [-0.4, -0.2) is 9.78 Å². The molecule has 0 radical (unpaired) electrons. The average molecular weight is 322 g/mol. The molecule has 2 fully saturated rings. The summed E-state index contributed by atoms with van der Waals surface area (Å²) in [7, 11) is 2.00. The van der Waals surface area contributed by atoms with E-state index in [9.17, 15) is 5.26 Å². The molecule has 0 aliphatic heterocycles. The first kappa shape index (κ1) is 13.2. The molecule has 0 saturated heterocycles. The lowest BCUT2D eigenvalue weighted by Gasteiger charge is -2.31. The van der Waals surface area contributed by atoms with Crippen LogP contribution < -0.4 is 0 Å². The van der Waals surface area contributed by atoms with Gasteiger partial charge >= 0.3 is 0 Å². The maximum Gasteiger partial charge on any atom is 0.0766 e. The van der Waals surface area contributed by atoms with Crippen LogP contribution in [0.5, 0.6) is 0 Å². The molecule has 4 heteroatoms. The summed E-state index contributed by atoms with van der Waals surface area (Å²) in [5.74, 6) is 1.40. The van der Waals surface area contributed by atoms with Crippen molar-refractivity contribution in [2.75, 3.05) is 0 Å². The van der Waals surface area contributed by atoms with Gasteiger partial charge in [0, 0.05) is 13.5 Å². The Morgan fingerprint density at radius 3 is 2.79 bits per heavy atom. The molecule has 3 unspecified atom stereocenters. The van der Waals surface area contributed by atoms with Crippen LogP contribution in [0.3, 0.4) is 0 Å². The van der Waals surface area contributed by atoms with Crippen LogP contribution in [0.25, 0.3) is 0 Å². The lowest BCUT2D eigenvalue weighted by Crippen LogP contribution is -2.29. The Balaban J connectivity index is 1.93. The summed E-state index contributed by atoms with van der Waals surface area (Å²) in [6.45, 7) is 2.12. The van der Waals surface area contributed by atoms with E-state index in [4.69, 9.17) is 0 Å². The number of rotatable bonds is 3. The van der Waals surface area contributed by atoms with Gasteiger partial charge in [-0.15, -0.1) is 0 Å². The van der Waals surface area contributed by atoms with E-state index in [1.807, 2.05) is 11.7 Å². The topological polar surface area (TPSA) is 41.6 Å². The molecular formula is C15H20BrN3. The molecule has 19 heavy (non-hydrogen) atoms. The normalized spacial score (nSPS) is 32.7. The Hall–Kier alpha value is -0.820. The monoisotopic (exact) mass is 321 g/mol. The molecule has 2 bridgehead atoms. The maximum atomic E-state index is 9.75. The highest BCUT2D eigenvalue weighted by atomic mass is 79.9. The van der Waals surface area contributed by atoms with E-state index in [0.29, 0.717) is 5.92 Å². The lowest BCUT2D eigenvalue weighted by atomic mass is 9.71. The molecule has 3 nitrogen and oxygen atoms in total. The second-order valence-corrected chi connectivity index (χ2v) is 7.00. The van der Waals surface area contributed by atoms with Crippen LogP contribution in [0.2, 0.25) is 0 Å². The Morgan fingerprint density at radius 2 is 2.32 bits per heavy atom. The van der Waals surface area contributed by atoms with Gasteiger partial charge in [-0.05, 0) is 53.4 Å². The third-order valence-electron chi connectivity index (χ3n) is 5.18. The summed E-state index contributed by atoms with van der Waals surface area (Å²) in [6, 6.07) is 2.68. The zero-order chi connectivity index (χ0) is 13.6. The third-order valence-corrected chi connectivity index (χ3v) is 6.10. The molecule has 1 heterocycles. The van der Waals surface area contributed by atoms with Gasteiger partial charge in [-0.1, -0.05) is 13.3 Å². The standard InChI is InChI=1S/C15H20BrN3/c1-3-12-14(16)13(19(2)18-12)8-15(9-17)7-10-4-5-11(15)6-10/h10-11H,3-8H2,1-2H3. The Labute approximate surface area is 123 Å². The molecular weight excluding hydrogens is 302 g/mol. The number of hydrogen-bond donors (Lipinski definition) is 0. The lowest BCUT2D eigenvalue weighted by molar-refractivity contribution is 0.234. The van der Waals surface area contributed by atoms with Crippen LogP contribution in [0, 0.1) is 28.6 Å². The molecule has 2 saturated carbocycles. The second-order valence-electron chi connectivity index (χ2n) is 6.21. The molecule has 102 valence electrons. The van der Waals surface area contributed by atoms with E-state index in [-0.39, 0.29) is 5.41 Å². The zero-order valence-corrected chi connectivity index (χ0v) is 13.2. The number of hydrogen-bond acceptors (Lipinski definition) is 2. The van der Waals surface area contributed by atoms with Gasteiger partial charge < -0.3 is 0 Å². The molecule has 2 aliphatic rings. The van der Waals surface area contributed by atoms with Crippen molar-refractivity contribution in [3.05, 3.63) is 15.9 Å². The van der Waals surface area contributed by atoms with Gasteiger partial charge in [-0.3, -0.25) is 4.68 Å². The quantitative estimate of drug-likeness (QED) is 0.853. The molecule has 2 aliphatic carbocycles. The molecule has 1 aromatic heterocycles. The van der Waals surface area contributed by atoms with Gasteiger partial charge in [0.05, 0.1) is 27.3 Å². The van der Waals surface area contributed by atoms with Crippen LogP contribution in [0.1, 0.15) is 44.0 Å². The van der Waals surface area contributed by atoms with E-state index in [0.717, 1.165) is 35.3 Å². The van der Waals surface area contributed by atoms with Crippen molar-refractivity contribution in [3.63, 3.8) is 0 Å². The first-order chi connectivity index (χ1) is 9.09. The molecule has 0 spiro atoms. The highest BCUT2D eigenvalue weighted by Crippen LogP contribution is 2.57. The second kappa shape index (κ2) is 4.63. The fraction of sp³-hybridized carbons (Fsp3) is 0.733. The predicted molar refractivity (Wildman–Crippen MR) is 77.5 cm³/mol. The first-order valence-corrected chi connectivity index (χ1v) is 8.00. The first-order valence-electron chi connectivity index (χ1n) is 7.21. The van der Waals surface area contributed by atoms with E-state index in [1.54, 1.807) is 0 Å². The number of aromatic nitrogens is 2. The van der Waals surface area contributed by atoms with Gasteiger partial charge in [-0.25, -0.2) is 0 Å². The van der Waals surface area contributed by atoms with Crippen LogP contribution in [0.15, 0.2) is 4.47 Å². The van der Waals surface area contributed by atoms with Gasteiger partial charge in [0.1, 0.15) is 0 Å². The van der Waals surface area contributed by atoms with E-state index >= 15 is 0 Å². The van der Waals surface area contributed by atoms with Crippen LogP contribution in [-0.2, 0) is 19.9 Å².